The van der Waals surface area contributed by atoms with Gasteiger partial charge in [0.25, 0.3) is 0 Å². The fraction of sp³-hybridized carbons (Fsp3) is 0.222. The Morgan fingerprint density at radius 1 is 1.27 bits per heavy atom. The molecule has 1 amide bonds. The topological polar surface area (TPSA) is 109 Å². The monoisotopic (exact) mass is 370 g/mol. The van der Waals surface area contributed by atoms with E-state index in [0.717, 1.165) is 27.7 Å². The average Bonchev–Trinajstić information content (AvgIpc) is 3.03. The Hall–Kier alpha value is -2.71. The highest BCUT2D eigenvalue weighted by molar-refractivity contribution is 7.89. The van der Waals surface area contributed by atoms with Crippen molar-refractivity contribution >= 4 is 27.0 Å². The second kappa shape index (κ2) is 6.22. The normalized spacial score (nSPS) is 14.4. The number of H-pyrrole nitrogens is 1. The first-order valence-electron chi connectivity index (χ1n) is 8.25. The maximum Gasteiger partial charge on any atom is 0.238 e. The minimum Gasteiger partial charge on any atom is -0.346 e. The van der Waals surface area contributed by atoms with Gasteiger partial charge in [0.15, 0.2) is 0 Å². The van der Waals surface area contributed by atoms with Gasteiger partial charge in [0.2, 0.25) is 15.9 Å². The number of carbonyl (C=O) groups excluding carboxylic acids is 1. The van der Waals surface area contributed by atoms with Crippen LogP contribution in [0.5, 0.6) is 0 Å². The lowest BCUT2D eigenvalue weighted by Gasteiger charge is -2.29. The molecule has 0 spiro atoms. The van der Waals surface area contributed by atoms with Crippen LogP contribution in [0.2, 0.25) is 0 Å². The van der Waals surface area contributed by atoms with Crippen molar-refractivity contribution in [3.63, 3.8) is 0 Å². The van der Waals surface area contributed by atoms with E-state index in [9.17, 15) is 13.2 Å². The summed E-state index contributed by atoms with van der Waals surface area (Å²) in [4.78, 5) is 21.9. The van der Waals surface area contributed by atoms with E-state index in [0.29, 0.717) is 19.5 Å². The number of carbonyl (C=O) groups is 1. The van der Waals surface area contributed by atoms with Crippen LogP contribution in [0.1, 0.15) is 16.7 Å². The SMILES string of the molecule is NS(=O)(=O)c1ccc2c(c1)CN(C(=O)Cc1c[nH]c3ncccc13)CC2. The molecule has 1 aromatic carbocycles. The number of aromatic amines is 1. The van der Waals surface area contributed by atoms with Gasteiger partial charge in [-0.2, -0.15) is 0 Å². The van der Waals surface area contributed by atoms with Crippen LogP contribution in [-0.2, 0) is 34.2 Å². The summed E-state index contributed by atoms with van der Waals surface area (Å²) in [5.74, 6) is 0.00131. The minimum absolute atomic E-state index is 0.00131. The van der Waals surface area contributed by atoms with Crippen LogP contribution in [0.25, 0.3) is 11.0 Å². The lowest BCUT2D eigenvalue weighted by atomic mass is 9.99. The van der Waals surface area contributed by atoms with E-state index >= 15 is 0 Å². The maximum absolute atomic E-state index is 12.7. The molecule has 8 heteroatoms. The van der Waals surface area contributed by atoms with Crippen molar-refractivity contribution < 1.29 is 13.2 Å². The Bertz CT molecular complexity index is 1100. The van der Waals surface area contributed by atoms with E-state index in [-0.39, 0.29) is 17.2 Å². The summed E-state index contributed by atoms with van der Waals surface area (Å²) in [6, 6.07) is 8.65. The van der Waals surface area contributed by atoms with Gasteiger partial charge in [-0.15, -0.1) is 0 Å². The Labute approximate surface area is 150 Å². The predicted octanol–water partition coefficient (Wildman–Crippen LogP) is 1.34. The third-order valence-corrected chi connectivity index (χ3v) is 5.66. The number of fused-ring (bicyclic) bond motifs is 2. The first-order chi connectivity index (χ1) is 12.4. The van der Waals surface area contributed by atoms with E-state index in [4.69, 9.17) is 5.14 Å². The summed E-state index contributed by atoms with van der Waals surface area (Å²) in [6.45, 7) is 0.999. The van der Waals surface area contributed by atoms with Crippen molar-refractivity contribution in [3.8, 4) is 0 Å². The molecular formula is C18H18N4O3S. The number of sulfonamides is 1. The van der Waals surface area contributed by atoms with Gasteiger partial charge in [-0.05, 0) is 47.4 Å². The van der Waals surface area contributed by atoms with Crippen molar-refractivity contribution in [2.24, 2.45) is 5.14 Å². The third-order valence-electron chi connectivity index (χ3n) is 4.75. The molecule has 0 unspecified atom stereocenters. The van der Waals surface area contributed by atoms with E-state index in [1.54, 1.807) is 23.2 Å². The average molecular weight is 370 g/mol. The molecule has 134 valence electrons. The second-order valence-corrected chi connectivity index (χ2v) is 7.99. The van der Waals surface area contributed by atoms with Gasteiger partial charge < -0.3 is 9.88 Å². The van der Waals surface area contributed by atoms with E-state index in [1.165, 1.54) is 6.07 Å². The summed E-state index contributed by atoms with van der Waals surface area (Å²) in [6.07, 6.45) is 4.49. The Morgan fingerprint density at radius 3 is 2.92 bits per heavy atom. The van der Waals surface area contributed by atoms with E-state index in [2.05, 4.69) is 9.97 Å². The molecule has 1 aliphatic rings. The molecule has 0 radical (unpaired) electrons. The molecule has 2 aromatic heterocycles. The van der Waals surface area contributed by atoms with Crippen molar-refractivity contribution in [1.29, 1.82) is 0 Å². The summed E-state index contributed by atoms with van der Waals surface area (Å²) in [5.41, 5.74) is 3.55. The zero-order valence-corrected chi connectivity index (χ0v) is 14.8. The number of nitrogens with two attached hydrogens (primary N) is 1. The van der Waals surface area contributed by atoms with Crippen molar-refractivity contribution in [2.45, 2.75) is 24.3 Å². The van der Waals surface area contributed by atoms with Crippen molar-refractivity contribution in [3.05, 3.63) is 59.4 Å². The molecule has 7 nitrogen and oxygen atoms in total. The lowest BCUT2D eigenvalue weighted by Crippen LogP contribution is -2.37. The number of hydrogen-bond donors (Lipinski definition) is 2. The number of hydrogen-bond acceptors (Lipinski definition) is 4. The number of amides is 1. The van der Waals surface area contributed by atoms with Crippen LogP contribution in [0.4, 0.5) is 0 Å². The summed E-state index contributed by atoms with van der Waals surface area (Å²) >= 11 is 0. The summed E-state index contributed by atoms with van der Waals surface area (Å²) in [7, 11) is -3.75. The number of rotatable bonds is 3. The molecule has 0 bridgehead atoms. The highest BCUT2D eigenvalue weighted by Gasteiger charge is 2.23. The molecule has 3 heterocycles. The number of primary sulfonamides is 1. The minimum atomic E-state index is -3.75. The van der Waals surface area contributed by atoms with Crippen LogP contribution in [0.3, 0.4) is 0 Å². The smallest absolute Gasteiger partial charge is 0.238 e. The second-order valence-electron chi connectivity index (χ2n) is 6.43. The Balaban J connectivity index is 1.55. The number of aromatic nitrogens is 2. The molecule has 0 aliphatic carbocycles. The molecule has 0 fully saturated rings. The third kappa shape index (κ3) is 3.09. The molecule has 3 aromatic rings. The van der Waals surface area contributed by atoms with Gasteiger partial charge >= 0.3 is 0 Å². The predicted molar refractivity (Wildman–Crippen MR) is 96.7 cm³/mol. The summed E-state index contributed by atoms with van der Waals surface area (Å²) in [5, 5.41) is 6.15. The van der Waals surface area contributed by atoms with Crippen LogP contribution in [-0.4, -0.2) is 35.7 Å². The Morgan fingerprint density at radius 2 is 2.12 bits per heavy atom. The largest absolute Gasteiger partial charge is 0.346 e. The number of nitrogens with one attached hydrogen (secondary N) is 1. The Kier molecular flexibility index (Phi) is 4.01. The lowest BCUT2D eigenvalue weighted by molar-refractivity contribution is -0.131. The molecule has 0 saturated carbocycles. The zero-order chi connectivity index (χ0) is 18.3. The van der Waals surface area contributed by atoms with Gasteiger partial charge in [-0.25, -0.2) is 18.5 Å². The van der Waals surface area contributed by atoms with Crippen LogP contribution >= 0.6 is 0 Å². The molecule has 1 aliphatic heterocycles. The number of pyridine rings is 1. The standard InChI is InChI=1S/C18H18N4O3S/c19-26(24,25)15-4-3-12-5-7-22(11-14(12)8-15)17(23)9-13-10-21-18-16(13)2-1-6-20-18/h1-4,6,8,10H,5,7,9,11H2,(H,20,21)(H2,19,24,25). The fourth-order valence-electron chi connectivity index (χ4n) is 3.36. The first-order valence-corrected chi connectivity index (χ1v) is 9.80. The van der Waals surface area contributed by atoms with Gasteiger partial charge in [0.05, 0.1) is 11.3 Å². The number of benzene rings is 1. The van der Waals surface area contributed by atoms with Gasteiger partial charge in [-0.1, -0.05) is 6.07 Å². The molecular weight excluding hydrogens is 352 g/mol. The van der Waals surface area contributed by atoms with Crippen LogP contribution in [0, 0.1) is 0 Å². The van der Waals surface area contributed by atoms with Crippen molar-refractivity contribution in [1.82, 2.24) is 14.9 Å². The van der Waals surface area contributed by atoms with Crippen molar-refractivity contribution in [2.75, 3.05) is 6.54 Å². The zero-order valence-electron chi connectivity index (χ0n) is 14.0. The molecule has 26 heavy (non-hydrogen) atoms. The molecule has 0 saturated heterocycles. The number of nitrogens with zero attached hydrogens (tertiary/aromatic N) is 2. The molecule has 3 N–H and O–H groups in total. The first kappa shape index (κ1) is 16.7. The maximum atomic E-state index is 12.7. The molecule has 0 atom stereocenters. The van der Waals surface area contributed by atoms with Crippen LogP contribution < -0.4 is 5.14 Å². The quantitative estimate of drug-likeness (QED) is 0.725. The summed E-state index contributed by atoms with van der Waals surface area (Å²) < 4.78 is 23.1. The highest BCUT2D eigenvalue weighted by atomic mass is 32.2. The van der Waals surface area contributed by atoms with Gasteiger partial charge in [0.1, 0.15) is 5.65 Å². The van der Waals surface area contributed by atoms with E-state index < -0.39 is 10.0 Å². The molecule has 4 rings (SSSR count). The fourth-order valence-corrected chi connectivity index (χ4v) is 3.92. The van der Waals surface area contributed by atoms with E-state index in [1.807, 2.05) is 18.3 Å². The highest BCUT2D eigenvalue weighted by Crippen LogP contribution is 2.23. The van der Waals surface area contributed by atoms with Crippen LogP contribution in [0.15, 0.2) is 47.6 Å². The van der Waals surface area contributed by atoms with Gasteiger partial charge in [-0.3, -0.25) is 4.79 Å². The van der Waals surface area contributed by atoms with Gasteiger partial charge in [0, 0.05) is 30.9 Å².